The van der Waals surface area contributed by atoms with Gasteiger partial charge in [-0.2, -0.15) is 0 Å². The molecule has 0 aromatic carbocycles. The minimum Gasteiger partial charge on any atom is -0.462 e. The van der Waals surface area contributed by atoms with Crippen molar-refractivity contribution in [2.75, 3.05) is 6.61 Å². The summed E-state index contributed by atoms with van der Waals surface area (Å²) in [6.45, 7) is 5.78. The number of carbonyl (C=O) groups is 2. The van der Waals surface area contributed by atoms with Crippen molar-refractivity contribution in [3.05, 3.63) is 11.1 Å². The van der Waals surface area contributed by atoms with E-state index in [0.29, 0.717) is 48.7 Å². The van der Waals surface area contributed by atoms with E-state index in [1.165, 1.54) is 12.5 Å². The lowest BCUT2D eigenvalue weighted by atomic mass is 9.47. The number of esters is 1. The van der Waals surface area contributed by atoms with E-state index in [4.69, 9.17) is 4.74 Å². The highest BCUT2D eigenvalue weighted by atomic mass is 19.1. The Hall–Kier alpha value is -1.19. The van der Waals surface area contributed by atoms with Crippen LogP contribution in [0.4, 0.5) is 4.39 Å². The lowest BCUT2D eigenvalue weighted by Gasteiger charge is -2.57. The molecule has 5 aliphatic rings. The second-order valence-corrected chi connectivity index (χ2v) is 10.4. The van der Waals surface area contributed by atoms with Crippen LogP contribution in [0.5, 0.6) is 0 Å². The number of hydrogen-bond donors (Lipinski definition) is 0. The summed E-state index contributed by atoms with van der Waals surface area (Å²) in [5.74, 6) is 2.04. The average molecular weight is 374 g/mol. The molecule has 0 saturated heterocycles. The van der Waals surface area contributed by atoms with Crippen molar-refractivity contribution in [2.24, 2.45) is 34.5 Å². The van der Waals surface area contributed by atoms with Crippen LogP contribution in [0, 0.1) is 34.5 Å². The van der Waals surface area contributed by atoms with Gasteiger partial charge in [-0.1, -0.05) is 25.0 Å². The third-order valence-corrected chi connectivity index (χ3v) is 9.39. The maximum Gasteiger partial charge on any atom is 0.302 e. The predicted octanol–water partition coefficient (Wildman–Crippen LogP) is 4.79. The van der Waals surface area contributed by atoms with Gasteiger partial charge in [-0.3, -0.25) is 9.59 Å². The highest BCUT2D eigenvalue weighted by Gasteiger charge is 2.82. The molecule has 7 atom stereocenters. The number of Topliss-reactive ketones (excluding diaryl/α,β-unsaturated/α-hetero) is 1. The molecule has 27 heavy (non-hydrogen) atoms. The molecule has 0 radical (unpaired) electrons. The summed E-state index contributed by atoms with van der Waals surface area (Å²) in [6, 6.07) is 0. The van der Waals surface area contributed by atoms with Crippen molar-refractivity contribution in [3.63, 3.8) is 0 Å². The zero-order valence-electron chi connectivity index (χ0n) is 16.8. The first-order chi connectivity index (χ1) is 12.7. The van der Waals surface area contributed by atoms with Crippen LogP contribution >= 0.6 is 0 Å². The van der Waals surface area contributed by atoms with Crippen molar-refractivity contribution in [1.29, 1.82) is 0 Å². The molecule has 0 aromatic heterocycles. The molecular formula is C23H31FO3. The van der Waals surface area contributed by atoms with Gasteiger partial charge in [0, 0.05) is 25.2 Å². The normalized spacial score (nSPS) is 50.4. The predicted molar refractivity (Wildman–Crippen MR) is 99.6 cm³/mol. The zero-order valence-corrected chi connectivity index (χ0v) is 16.8. The Bertz CT molecular complexity index is 757. The van der Waals surface area contributed by atoms with E-state index in [-0.39, 0.29) is 18.0 Å². The number of halogens is 1. The van der Waals surface area contributed by atoms with Crippen molar-refractivity contribution >= 4 is 11.8 Å². The highest BCUT2D eigenvalue weighted by molar-refractivity contribution is 5.82. The molecule has 0 heterocycles. The first kappa shape index (κ1) is 17.9. The Balaban J connectivity index is 1.51. The molecule has 3 nitrogen and oxygen atoms in total. The molecule has 0 N–H and O–H groups in total. The van der Waals surface area contributed by atoms with Gasteiger partial charge in [0.05, 0.1) is 0 Å². The highest BCUT2D eigenvalue weighted by Crippen LogP contribution is 2.85. The first-order valence-corrected chi connectivity index (χ1v) is 10.8. The van der Waals surface area contributed by atoms with Crippen molar-refractivity contribution in [1.82, 2.24) is 0 Å². The molecule has 5 aliphatic carbocycles. The van der Waals surface area contributed by atoms with Crippen LogP contribution in [0.3, 0.4) is 0 Å². The van der Waals surface area contributed by atoms with Gasteiger partial charge in [-0.15, -0.1) is 0 Å². The molecule has 3 saturated carbocycles. The number of carbonyl (C=O) groups excluding carboxylic acids is 2. The molecule has 0 aliphatic heterocycles. The zero-order chi connectivity index (χ0) is 19.2. The third-order valence-electron chi connectivity index (χ3n) is 9.39. The minimum absolute atomic E-state index is 0.0736. The van der Waals surface area contributed by atoms with Gasteiger partial charge in [-0.25, -0.2) is 4.39 Å². The monoisotopic (exact) mass is 374 g/mol. The maximum atomic E-state index is 16.2. The van der Waals surface area contributed by atoms with E-state index in [2.05, 4.69) is 13.8 Å². The second kappa shape index (κ2) is 5.45. The molecule has 5 rings (SSSR count). The number of allylic oxidation sites excluding steroid dienone is 2. The van der Waals surface area contributed by atoms with Crippen LogP contribution in [-0.2, 0) is 14.3 Å². The van der Waals surface area contributed by atoms with Crippen molar-refractivity contribution in [3.8, 4) is 0 Å². The fourth-order valence-electron chi connectivity index (χ4n) is 8.31. The number of rotatable bonds is 2. The maximum absolute atomic E-state index is 16.2. The van der Waals surface area contributed by atoms with Crippen LogP contribution in [0.25, 0.3) is 0 Å². The summed E-state index contributed by atoms with van der Waals surface area (Å²) in [6.07, 6.45) is 6.92. The van der Waals surface area contributed by atoms with Gasteiger partial charge in [0.15, 0.2) is 5.67 Å². The number of hydrogen-bond acceptors (Lipinski definition) is 3. The van der Waals surface area contributed by atoms with Gasteiger partial charge in [0.2, 0.25) is 0 Å². The molecule has 148 valence electrons. The van der Waals surface area contributed by atoms with E-state index < -0.39 is 11.1 Å². The molecule has 0 unspecified atom stereocenters. The smallest absolute Gasteiger partial charge is 0.302 e. The Morgan fingerprint density at radius 2 is 2.07 bits per heavy atom. The van der Waals surface area contributed by atoms with Gasteiger partial charge in [-0.05, 0) is 67.6 Å². The number of ether oxygens (including phenoxy) is 1. The van der Waals surface area contributed by atoms with E-state index in [0.717, 1.165) is 32.1 Å². The quantitative estimate of drug-likeness (QED) is 0.516. The largest absolute Gasteiger partial charge is 0.462 e. The Kier molecular flexibility index (Phi) is 3.61. The van der Waals surface area contributed by atoms with Gasteiger partial charge < -0.3 is 4.74 Å². The Morgan fingerprint density at radius 3 is 2.81 bits per heavy atom. The number of ketones is 1. The van der Waals surface area contributed by atoms with E-state index in [1.807, 2.05) is 0 Å². The minimum atomic E-state index is -1.39. The fourth-order valence-corrected chi connectivity index (χ4v) is 8.31. The van der Waals surface area contributed by atoms with E-state index in [9.17, 15) is 9.59 Å². The summed E-state index contributed by atoms with van der Waals surface area (Å²) in [7, 11) is 0. The van der Waals surface area contributed by atoms with Crippen LogP contribution < -0.4 is 0 Å². The molecule has 3 fully saturated rings. The SMILES string of the molecule is CC(=O)OC[C@]1(F)C[C@H]2C[C@]23[C@@H]2[C@H](C)CC4=C(CCC(=O)C4)[C@H]2CC[C@]13C. The standard InChI is InChI=1S/C23H31FO3/c1-13-8-15-9-17(26)4-5-18(15)19-6-7-21(3)22(24,12-27-14(2)25)10-16-11-23(16,21)20(13)19/h13,16,19-20H,4-12H2,1-3H3/t13-,16+,19-,20-,21-,22-,23-/m1/s1. The Morgan fingerprint density at radius 1 is 1.30 bits per heavy atom. The summed E-state index contributed by atoms with van der Waals surface area (Å²) >= 11 is 0. The molecule has 0 amide bonds. The fraction of sp³-hybridized carbons (Fsp3) is 0.826. The van der Waals surface area contributed by atoms with Crippen LogP contribution in [0.15, 0.2) is 11.1 Å². The summed E-state index contributed by atoms with van der Waals surface area (Å²) in [4.78, 5) is 23.3. The van der Waals surface area contributed by atoms with Gasteiger partial charge in [0.25, 0.3) is 0 Å². The summed E-state index contributed by atoms with van der Waals surface area (Å²) in [5, 5.41) is 0. The summed E-state index contributed by atoms with van der Waals surface area (Å²) in [5.41, 5.74) is 1.28. The van der Waals surface area contributed by atoms with E-state index in [1.54, 1.807) is 5.57 Å². The molecule has 1 spiro atoms. The third kappa shape index (κ3) is 2.13. The lowest BCUT2D eigenvalue weighted by molar-refractivity contribution is -0.159. The topological polar surface area (TPSA) is 43.4 Å². The second-order valence-electron chi connectivity index (χ2n) is 10.4. The van der Waals surface area contributed by atoms with Crippen molar-refractivity contribution < 1.29 is 18.7 Å². The van der Waals surface area contributed by atoms with Crippen molar-refractivity contribution in [2.45, 2.75) is 77.8 Å². The lowest BCUT2D eigenvalue weighted by Crippen LogP contribution is -2.56. The average Bonchev–Trinajstić information content (AvgIpc) is 3.25. The van der Waals surface area contributed by atoms with Crippen LogP contribution in [0.1, 0.15) is 72.1 Å². The molecule has 0 aromatic rings. The summed E-state index contributed by atoms with van der Waals surface area (Å²) < 4.78 is 21.4. The first-order valence-electron chi connectivity index (χ1n) is 10.8. The number of alkyl halides is 1. The number of fused-ring (bicyclic) bond motifs is 2. The van der Waals surface area contributed by atoms with Gasteiger partial charge in [0.1, 0.15) is 12.4 Å². The van der Waals surface area contributed by atoms with Crippen LogP contribution in [0.2, 0.25) is 0 Å². The Labute approximate surface area is 161 Å². The van der Waals surface area contributed by atoms with E-state index >= 15 is 4.39 Å². The molecule has 0 bridgehead atoms. The molecular weight excluding hydrogens is 343 g/mol. The molecule has 4 heteroatoms. The van der Waals surface area contributed by atoms with Crippen LogP contribution in [-0.4, -0.2) is 24.0 Å². The van der Waals surface area contributed by atoms with Gasteiger partial charge >= 0.3 is 5.97 Å².